The maximum Gasteiger partial charge on any atom is 0.161 e. The maximum atomic E-state index is 9.73. The second-order valence-corrected chi connectivity index (χ2v) is 4.35. The third-order valence-corrected chi connectivity index (χ3v) is 2.85. The molecule has 3 heteroatoms. The van der Waals surface area contributed by atoms with Gasteiger partial charge in [-0.1, -0.05) is 31.6 Å². The van der Waals surface area contributed by atoms with Crippen molar-refractivity contribution in [1.82, 2.24) is 0 Å². The number of benzene rings is 1. The second kappa shape index (κ2) is 8.44. The molecule has 0 amide bonds. The third kappa shape index (κ3) is 5.23. The van der Waals surface area contributed by atoms with Crippen LogP contribution in [0, 0.1) is 11.8 Å². The number of rotatable bonds is 6. The van der Waals surface area contributed by atoms with Crippen molar-refractivity contribution in [3.8, 4) is 23.3 Å². The lowest BCUT2D eigenvalue weighted by Gasteiger charge is -2.07. The Bertz CT molecular complexity index is 443. The van der Waals surface area contributed by atoms with Gasteiger partial charge in [0.1, 0.15) is 6.10 Å². The van der Waals surface area contributed by atoms with Crippen LogP contribution in [-0.4, -0.2) is 25.4 Å². The van der Waals surface area contributed by atoms with Gasteiger partial charge in [0.05, 0.1) is 14.2 Å². The molecular formula is C16H22O3. The number of aliphatic hydroxyl groups excluding tert-OH is 1. The number of hydrogen-bond donors (Lipinski definition) is 1. The van der Waals surface area contributed by atoms with Crippen molar-refractivity contribution >= 4 is 0 Å². The summed E-state index contributed by atoms with van der Waals surface area (Å²) in [6, 6.07) is 5.48. The molecular weight excluding hydrogens is 240 g/mol. The van der Waals surface area contributed by atoms with Crippen molar-refractivity contribution in [3.05, 3.63) is 23.8 Å². The summed E-state index contributed by atoms with van der Waals surface area (Å²) in [5.74, 6) is 7.14. The molecule has 0 fully saturated rings. The molecule has 0 heterocycles. The predicted octanol–water partition coefficient (Wildman–Crippen LogP) is 3.00. The minimum absolute atomic E-state index is 0.556. The number of hydrogen-bond acceptors (Lipinski definition) is 3. The first kappa shape index (κ1) is 15.4. The molecule has 1 atom stereocenters. The first-order valence-corrected chi connectivity index (χ1v) is 6.63. The van der Waals surface area contributed by atoms with Crippen LogP contribution in [0.15, 0.2) is 18.2 Å². The fourth-order valence-electron chi connectivity index (χ4n) is 1.74. The summed E-state index contributed by atoms with van der Waals surface area (Å²) < 4.78 is 10.4. The monoisotopic (exact) mass is 262 g/mol. The van der Waals surface area contributed by atoms with Crippen molar-refractivity contribution in [1.29, 1.82) is 0 Å². The van der Waals surface area contributed by atoms with Gasteiger partial charge in [-0.2, -0.15) is 0 Å². The zero-order valence-electron chi connectivity index (χ0n) is 11.9. The van der Waals surface area contributed by atoms with Gasteiger partial charge in [-0.15, -0.1) is 0 Å². The average Bonchev–Trinajstić information content (AvgIpc) is 2.45. The van der Waals surface area contributed by atoms with Crippen LogP contribution >= 0.6 is 0 Å². The van der Waals surface area contributed by atoms with Gasteiger partial charge in [0, 0.05) is 5.56 Å². The molecule has 0 aliphatic heterocycles. The van der Waals surface area contributed by atoms with E-state index in [0.717, 1.165) is 31.2 Å². The zero-order valence-corrected chi connectivity index (χ0v) is 11.9. The molecule has 0 spiro atoms. The Morgan fingerprint density at radius 2 is 1.89 bits per heavy atom. The standard InChI is InChI=1S/C16H22O3/c1-4-5-6-7-14(17)10-8-13-9-11-15(18-2)16(12-13)19-3/h9,11-12,14,17H,4-7H2,1-3H3. The van der Waals surface area contributed by atoms with Crippen LogP contribution in [-0.2, 0) is 0 Å². The van der Waals surface area contributed by atoms with Gasteiger partial charge < -0.3 is 14.6 Å². The molecule has 0 aromatic heterocycles. The molecule has 3 nitrogen and oxygen atoms in total. The Kier molecular flexibility index (Phi) is 6.84. The highest BCUT2D eigenvalue weighted by molar-refractivity contribution is 5.48. The summed E-state index contributed by atoms with van der Waals surface area (Å²) in [5.41, 5.74) is 0.812. The molecule has 0 saturated heterocycles. The molecule has 1 rings (SSSR count). The van der Waals surface area contributed by atoms with E-state index in [4.69, 9.17) is 9.47 Å². The fraction of sp³-hybridized carbons (Fsp3) is 0.500. The van der Waals surface area contributed by atoms with E-state index in [0.29, 0.717) is 11.5 Å². The van der Waals surface area contributed by atoms with Gasteiger partial charge in [0.25, 0.3) is 0 Å². The highest BCUT2D eigenvalue weighted by Gasteiger charge is 2.03. The van der Waals surface area contributed by atoms with Gasteiger partial charge in [-0.3, -0.25) is 0 Å². The van der Waals surface area contributed by atoms with E-state index in [1.165, 1.54) is 0 Å². The lowest BCUT2D eigenvalue weighted by Crippen LogP contribution is -2.02. The number of methoxy groups -OCH3 is 2. The van der Waals surface area contributed by atoms with Crippen LogP contribution in [0.5, 0.6) is 11.5 Å². The molecule has 0 aliphatic rings. The highest BCUT2D eigenvalue weighted by atomic mass is 16.5. The third-order valence-electron chi connectivity index (χ3n) is 2.85. The Morgan fingerprint density at radius 1 is 1.16 bits per heavy atom. The summed E-state index contributed by atoms with van der Waals surface area (Å²) in [4.78, 5) is 0. The van der Waals surface area contributed by atoms with Crippen LogP contribution in [0.3, 0.4) is 0 Å². The fourth-order valence-corrected chi connectivity index (χ4v) is 1.74. The van der Waals surface area contributed by atoms with Crippen LogP contribution < -0.4 is 9.47 Å². The van der Waals surface area contributed by atoms with Gasteiger partial charge >= 0.3 is 0 Å². The van der Waals surface area contributed by atoms with E-state index in [2.05, 4.69) is 18.8 Å². The molecule has 1 unspecified atom stereocenters. The molecule has 104 valence electrons. The first-order valence-electron chi connectivity index (χ1n) is 6.63. The quantitative estimate of drug-likeness (QED) is 0.632. The zero-order chi connectivity index (χ0) is 14.1. The van der Waals surface area contributed by atoms with Crippen LogP contribution in [0.1, 0.15) is 38.2 Å². The first-order chi connectivity index (χ1) is 9.21. The normalized spacial score (nSPS) is 11.4. The summed E-state index contributed by atoms with van der Waals surface area (Å²) in [5, 5.41) is 9.73. The topological polar surface area (TPSA) is 38.7 Å². The summed E-state index contributed by atoms with van der Waals surface area (Å²) in [6.45, 7) is 2.14. The Morgan fingerprint density at radius 3 is 2.53 bits per heavy atom. The number of aliphatic hydroxyl groups is 1. The number of ether oxygens (including phenoxy) is 2. The maximum absolute atomic E-state index is 9.73. The minimum atomic E-state index is -0.556. The molecule has 1 aromatic rings. The van der Waals surface area contributed by atoms with E-state index < -0.39 is 6.10 Å². The van der Waals surface area contributed by atoms with E-state index in [1.54, 1.807) is 14.2 Å². The summed E-state index contributed by atoms with van der Waals surface area (Å²) in [6.07, 6.45) is 3.47. The molecule has 1 N–H and O–H groups in total. The van der Waals surface area contributed by atoms with Crippen LogP contribution in [0.4, 0.5) is 0 Å². The molecule has 0 aliphatic carbocycles. The summed E-state index contributed by atoms with van der Waals surface area (Å²) >= 11 is 0. The lowest BCUT2D eigenvalue weighted by atomic mass is 10.1. The van der Waals surface area contributed by atoms with Crippen molar-refractivity contribution in [2.24, 2.45) is 0 Å². The Hall–Kier alpha value is -1.66. The second-order valence-electron chi connectivity index (χ2n) is 4.35. The van der Waals surface area contributed by atoms with Crippen molar-refractivity contribution in [3.63, 3.8) is 0 Å². The SMILES string of the molecule is CCCCCC(O)C#Cc1ccc(OC)c(OC)c1. The van der Waals surface area contributed by atoms with Gasteiger partial charge in [-0.05, 0) is 31.0 Å². The molecule has 19 heavy (non-hydrogen) atoms. The van der Waals surface area contributed by atoms with E-state index in [9.17, 15) is 5.11 Å². The highest BCUT2D eigenvalue weighted by Crippen LogP contribution is 2.27. The van der Waals surface area contributed by atoms with Crippen molar-refractivity contribution < 1.29 is 14.6 Å². The van der Waals surface area contributed by atoms with Crippen molar-refractivity contribution in [2.75, 3.05) is 14.2 Å². The minimum Gasteiger partial charge on any atom is -0.493 e. The predicted molar refractivity (Wildman–Crippen MR) is 76.6 cm³/mol. The lowest BCUT2D eigenvalue weighted by molar-refractivity contribution is 0.217. The van der Waals surface area contributed by atoms with E-state index >= 15 is 0 Å². The molecule has 0 radical (unpaired) electrons. The van der Waals surface area contributed by atoms with Gasteiger partial charge in [0.2, 0.25) is 0 Å². The van der Waals surface area contributed by atoms with Crippen molar-refractivity contribution in [2.45, 2.75) is 38.7 Å². The van der Waals surface area contributed by atoms with E-state index in [-0.39, 0.29) is 0 Å². The van der Waals surface area contributed by atoms with Crippen LogP contribution in [0.2, 0.25) is 0 Å². The molecule has 1 aromatic carbocycles. The number of unbranched alkanes of at least 4 members (excludes halogenated alkanes) is 2. The van der Waals surface area contributed by atoms with Gasteiger partial charge in [-0.25, -0.2) is 0 Å². The molecule has 0 saturated carbocycles. The summed E-state index contributed by atoms with van der Waals surface area (Å²) in [7, 11) is 3.19. The Labute approximate surface area is 115 Å². The molecule has 0 bridgehead atoms. The average molecular weight is 262 g/mol. The van der Waals surface area contributed by atoms with E-state index in [1.807, 2.05) is 18.2 Å². The van der Waals surface area contributed by atoms with Gasteiger partial charge in [0.15, 0.2) is 11.5 Å². The smallest absolute Gasteiger partial charge is 0.161 e. The Balaban J connectivity index is 2.66. The largest absolute Gasteiger partial charge is 0.493 e. The van der Waals surface area contributed by atoms with Crippen LogP contribution in [0.25, 0.3) is 0 Å².